The lowest BCUT2D eigenvalue weighted by Gasteiger charge is -2.31. The van der Waals surface area contributed by atoms with Gasteiger partial charge in [-0.15, -0.1) is 0 Å². The van der Waals surface area contributed by atoms with Crippen molar-refractivity contribution in [1.82, 2.24) is 0 Å². The molecule has 0 aliphatic carbocycles. The number of fused-ring (bicyclic) bond motifs is 1. The zero-order chi connectivity index (χ0) is 14.1. The van der Waals surface area contributed by atoms with Crippen LogP contribution in [0.5, 0.6) is 0 Å². The standard InChI is InChI=1S/C16H16ClFN2/c17-14-8-11(3-6-15(14)18)10-20-7-1-2-12-4-5-13(19)9-16(12)20/h3-6,8-9H,1-2,7,10,19H2. The van der Waals surface area contributed by atoms with Crippen molar-refractivity contribution in [3.8, 4) is 0 Å². The maximum absolute atomic E-state index is 13.2. The number of nitrogen functional groups attached to an aromatic ring is 1. The number of aryl methyl sites for hydroxylation is 1. The van der Waals surface area contributed by atoms with E-state index < -0.39 is 0 Å². The first-order valence-electron chi connectivity index (χ1n) is 6.71. The molecule has 0 unspecified atom stereocenters. The van der Waals surface area contributed by atoms with Gasteiger partial charge in [-0.3, -0.25) is 0 Å². The van der Waals surface area contributed by atoms with E-state index in [0.717, 1.165) is 37.2 Å². The number of halogens is 2. The second-order valence-corrected chi connectivity index (χ2v) is 5.57. The Labute approximate surface area is 123 Å². The smallest absolute Gasteiger partial charge is 0.141 e. The number of benzene rings is 2. The third kappa shape index (κ3) is 2.59. The number of rotatable bonds is 2. The predicted molar refractivity (Wildman–Crippen MR) is 81.6 cm³/mol. The van der Waals surface area contributed by atoms with Crippen molar-refractivity contribution in [3.63, 3.8) is 0 Å². The summed E-state index contributed by atoms with van der Waals surface area (Å²) in [7, 11) is 0. The second kappa shape index (κ2) is 5.33. The fourth-order valence-electron chi connectivity index (χ4n) is 2.69. The van der Waals surface area contributed by atoms with Crippen molar-refractivity contribution >= 4 is 23.0 Å². The van der Waals surface area contributed by atoms with Gasteiger partial charge in [0.1, 0.15) is 5.82 Å². The summed E-state index contributed by atoms with van der Waals surface area (Å²) in [6.07, 6.45) is 2.20. The zero-order valence-corrected chi connectivity index (χ0v) is 11.8. The average molecular weight is 291 g/mol. The molecule has 1 aliphatic heterocycles. The Kier molecular flexibility index (Phi) is 3.53. The molecule has 0 saturated carbocycles. The minimum absolute atomic E-state index is 0.173. The van der Waals surface area contributed by atoms with Crippen LogP contribution in [0.15, 0.2) is 36.4 Å². The van der Waals surface area contributed by atoms with Crippen LogP contribution in [0.3, 0.4) is 0 Å². The van der Waals surface area contributed by atoms with Gasteiger partial charge in [0, 0.05) is 24.5 Å². The summed E-state index contributed by atoms with van der Waals surface area (Å²) in [5.41, 5.74) is 10.2. The number of nitrogens with zero attached hydrogens (tertiary/aromatic N) is 1. The van der Waals surface area contributed by atoms with Crippen molar-refractivity contribution in [1.29, 1.82) is 0 Å². The monoisotopic (exact) mass is 290 g/mol. The molecule has 1 aliphatic rings. The molecule has 0 saturated heterocycles. The van der Waals surface area contributed by atoms with Crippen molar-refractivity contribution in [2.45, 2.75) is 19.4 Å². The molecule has 2 nitrogen and oxygen atoms in total. The molecule has 2 aromatic carbocycles. The van der Waals surface area contributed by atoms with Crippen LogP contribution in [-0.4, -0.2) is 6.54 Å². The highest BCUT2D eigenvalue weighted by Crippen LogP contribution is 2.30. The number of hydrogen-bond donors (Lipinski definition) is 1. The van der Waals surface area contributed by atoms with Crippen LogP contribution < -0.4 is 10.6 Å². The van der Waals surface area contributed by atoms with Crippen LogP contribution >= 0.6 is 11.6 Å². The van der Waals surface area contributed by atoms with Crippen molar-refractivity contribution in [2.24, 2.45) is 0 Å². The maximum Gasteiger partial charge on any atom is 0.141 e. The quantitative estimate of drug-likeness (QED) is 0.847. The van der Waals surface area contributed by atoms with E-state index in [-0.39, 0.29) is 10.8 Å². The van der Waals surface area contributed by atoms with Crippen molar-refractivity contribution < 1.29 is 4.39 Å². The van der Waals surface area contributed by atoms with Gasteiger partial charge in [-0.25, -0.2) is 4.39 Å². The fraction of sp³-hybridized carbons (Fsp3) is 0.250. The minimum Gasteiger partial charge on any atom is -0.399 e. The molecular formula is C16H16ClFN2. The van der Waals surface area contributed by atoms with Gasteiger partial charge < -0.3 is 10.6 Å². The van der Waals surface area contributed by atoms with E-state index in [4.69, 9.17) is 17.3 Å². The van der Waals surface area contributed by atoms with Crippen LogP contribution in [-0.2, 0) is 13.0 Å². The maximum atomic E-state index is 13.2. The molecule has 2 N–H and O–H groups in total. The molecule has 0 radical (unpaired) electrons. The van der Waals surface area contributed by atoms with Gasteiger partial charge in [-0.05, 0) is 48.2 Å². The van der Waals surface area contributed by atoms with Crippen molar-refractivity contribution in [3.05, 3.63) is 58.4 Å². The predicted octanol–water partition coefficient (Wildman–Crippen LogP) is 4.01. The summed E-state index contributed by atoms with van der Waals surface area (Å²) < 4.78 is 13.2. The molecule has 1 heterocycles. The molecule has 20 heavy (non-hydrogen) atoms. The second-order valence-electron chi connectivity index (χ2n) is 5.16. The van der Waals surface area contributed by atoms with E-state index in [1.54, 1.807) is 12.1 Å². The molecular weight excluding hydrogens is 275 g/mol. The van der Waals surface area contributed by atoms with Gasteiger partial charge in [0.25, 0.3) is 0 Å². The highest BCUT2D eigenvalue weighted by Gasteiger charge is 2.17. The fourth-order valence-corrected chi connectivity index (χ4v) is 2.89. The molecule has 4 heteroatoms. The summed E-state index contributed by atoms with van der Waals surface area (Å²) >= 11 is 5.84. The topological polar surface area (TPSA) is 29.3 Å². The van der Waals surface area contributed by atoms with E-state index in [9.17, 15) is 4.39 Å². The summed E-state index contributed by atoms with van der Waals surface area (Å²) in [6.45, 7) is 1.70. The van der Waals surface area contributed by atoms with E-state index in [0.29, 0.717) is 0 Å². The molecule has 0 bridgehead atoms. The Bertz CT molecular complexity index is 642. The first-order valence-corrected chi connectivity index (χ1v) is 7.08. The number of nitrogens with two attached hydrogens (primary N) is 1. The van der Waals surface area contributed by atoms with Gasteiger partial charge in [-0.2, -0.15) is 0 Å². The number of anilines is 2. The summed E-state index contributed by atoms with van der Waals surface area (Å²) in [4.78, 5) is 2.28. The lowest BCUT2D eigenvalue weighted by atomic mass is 10.0. The van der Waals surface area contributed by atoms with Gasteiger partial charge in [0.2, 0.25) is 0 Å². The molecule has 2 aromatic rings. The van der Waals surface area contributed by atoms with E-state index in [2.05, 4.69) is 11.0 Å². The first-order chi connectivity index (χ1) is 9.63. The summed E-state index contributed by atoms with van der Waals surface area (Å²) in [5, 5.41) is 0.173. The third-order valence-electron chi connectivity index (χ3n) is 3.68. The SMILES string of the molecule is Nc1ccc2c(c1)N(Cc1ccc(F)c(Cl)c1)CCC2. The Morgan fingerprint density at radius 1 is 1.20 bits per heavy atom. The van der Waals surface area contributed by atoms with Gasteiger partial charge in [0.15, 0.2) is 0 Å². The molecule has 0 amide bonds. The van der Waals surface area contributed by atoms with Crippen molar-refractivity contribution in [2.75, 3.05) is 17.2 Å². The normalized spacial score (nSPS) is 14.2. The van der Waals surface area contributed by atoms with Crippen LogP contribution in [0.1, 0.15) is 17.5 Å². The minimum atomic E-state index is -0.376. The first kappa shape index (κ1) is 13.3. The average Bonchev–Trinajstić information content (AvgIpc) is 2.44. The van der Waals surface area contributed by atoms with Crippen LogP contribution in [0.25, 0.3) is 0 Å². The lowest BCUT2D eigenvalue weighted by Crippen LogP contribution is -2.28. The van der Waals surface area contributed by atoms with Crippen LogP contribution in [0.2, 0.25) is 5.02 Å². The molecule has 0 spiro atoms. The highest BCUT2D eigenvalue weighted by atomic mass is 35.5. The number of hydrogen-bond acceptors (Lipinski definition) is 2. The van der Waals surface area contributed by atoms with Crippen LogP contribution in [0, 0.1) is 5.82 Å². The highest BCUT2D eigenvalue weighted by molar-refractivity contribution is 6.30. The zero-order valence-electron chi connectivity index (χ0n) is 11.1. The Morgan fingerprint density at radius 3 is 2.85 bits per heavy atom. The van der Waals surface area contributed by atoms with Crippen LogP contribution in [0.4, 0.5) is 15.8 Å². The molecule has 104 valence electrons. The Morgan fingerprint density at radius 2 is 2.05 bits per heavy atom. The van der Waals surface area contributed by atoms with Gasteiger partial charge in [-0.1, -0.05) is 23.7 Å². The summed E-state index contributed by atoms with van der Waals surface area (Å²) in [6, 6.07) is 10.9. The Balaban J connectivity index is 1.89. The van der Waals surface area contributed by atoms with Gasteiger partial charge >= 0.3 is 0 Å². The Hall–Kier alpha value is -1.74. The molecule has 0 aromatic heterocycles. The molecule has 3 rings (SSSR count). The van der Waals surface area contributed by atoms with E-state index >= 15 is 0 Å². The van der Waals surface area contributed by atoms with E-state index in [1.807, 2.05) is 12.1 Å². The summed E-state index contributed by atoms with van der Waals surface area (Å²) in [5.74, 6) is -0.376. The third-order valence-corrected chi connectivity index (χ3v) is 3.97. The molecule has 0 fully saturated rings. The molecule has 0 atom stereocenters. The van der Waals surface area contributed by atoms with Gasteiger partial charge in [0.05, 0.1) is 5.02 Å². The largest absolute Gasteiger partial charge is 0.399 e. The van der Waals surface area contributed by atoms with E-state index in [1.165, 1.54) is 17.3 Å². The lowest BCUT2D eigenvalue weighted by molar-refractivity contribution is 0.626.